The zero-order valence-corrected chi connectivity index (χ0v) is 20.0. The van der Waals surface area contributed by atoms with E-state index in [1.165, 1.54) is 0 Å². The minimum atomic E-state index is -0.538. The fraction of sp³-hybridized carbons (Fsp3) is 0.143. The molecule has 0 amide bonds. The molecule has 9 nitrogen and oxygen atoms in total. The molecule has 0 radical (unpaired) electrons. The first-order valence-electron chi connectivity index (χ1n) is 11.8. The minimum Gasteiger partial charge on any atom is -0.461 e. The molecule has 37 heavy (non-hydrogen) atoms. The predicted molar refractivity (Wildman–Crippen MR) is 140 cm³/mol. The van der Waals surface area contributed by atoms with Crippen LogP contribution in [0.15, 0.2) is 59.4 Å². The van der Waals surface area contributed by atoms with Crippen LogP contribution in [0.1, 0.15) is 34.8 Å². The Morgan fingerprint density at radius 3 is 1.92 bits per heavy atom. The van der Waals surface area contributed by atoms with Gasteiger partial charge in [-0.2, -0.15) is 0 Å². The first-order chi connectivity index (χ1) is 18.0. The molecule has 1 N–H and O–H groups in total. The van der Waals surface area contributed by atoms with E-state index in [-0.39, 0.29) is 30.0 Å². The van der Waals surface area contributed by atoms with E-state index in [2.05, 4.69) is 15.0 Å². The fourth-order valence-electron chi connectivity index (χ4n) is 4.49. The van der Waals surface area contributed by atoms with Gasteiger partial charge >= 0.3 is 11.9 Å². The summed E-state index contributed by atoms with van der Waals surface area (Å²) >= 11 is 0. The van der Waals surface area contributed by atoms with Gasteiger partial charge in [0.2, 0.25) is 0 Å². The van der Waals surface area contributed by atoms with Crippen LogP contribution in [0.4, 0.5) is 0 Å². The lowest BCUT2D eigenvalue weighted by atomic mass is 10.1. The number of H-pyrrole nitrogens is 1. The normalized spacial score (nSPS) is 11.5. The van der Waals surface area contributed by atoms with Crippen LogP contribution >= 0.6 is 0 Å². The summed E-state index contributed by atoms with van der Waals surface area (Å²) in [5, 5.41) is 3.09. The van der Waals surface area contributed by atoms with Gasteiger partial charge in [-0.05, 0) is 38.1 Å². The van der Waals surface area contributed by atoms with Crippen molar-refractivity contribution in [2.45, 2.75) is 13.8 Å². The SMILES string of the molecule is CCOC(=O)c1ccc2ccc3cc4c(=O)c5ccc6ccc(C(=O)OCC)nc6c5[nH]c4nc3c2n1. The van der Waals surface area contributed by atoms with Crippen molar-refractivity contribution in [1.29, 1.82) is 0 Å². The van der Waals surface area contributed by atoms with E-state index in [0.717, 1.165) is 10.8 Å². The van der Waals surface area contributed by atoms with Crippen LogP contribution < -0.4 is 5.43 Å². The zero-order chi connectivity index (χ0) is 25.7. The molecular formula is C28H20N4O5. The Kier molecular flexibility index (Phi) is 5.26. The lowest BCUT2D eigenvalue weighted by molar-refractivity contribution is 0.0510. The van der Waals surface area contributed by atoms with Gasteiger partial charge in [0.25, 0.3) is 0 Å². The largest absolute Gasteiger partial charge is 0.461 e. The van der Waals surface area contributed by atoms with Gasteiger partial charge < -0.3 is 14.5 Å². The Morgan fingerprint density at radius 2 is 1.24 bits per heavy atom. The Hall–Kier alpha value is -4.92. The van der Waals surface area contributed by atoms with Crippen LogP contribution in [-0.4, -0.2) is 45.1 Å². The molecule has 9 heteroatoms. The molecule has 182 valence electrons. The predicted octanol–water partition coefficient (Wildman–Crippen LogP) is 4.68. The number of nitrogens with zero attached hydrogens (tertiary/aromatic N) is 3. The van der Waals surface area contributed by atoms with Crippen LogP contribution in [0.3, 0.4) is 0 Å². The molecule has 6 rings (SSSR count). The summed E-state index contributed by atoms with van der Waals surface area (Å²) in [6, 6.07) is 15.8. The minimum absolute atomic E-state index is 0.149. The second-order valence-electron chi connectivity index (χ2n) is 8.44. The fourth-order valence-corrected chi connectivity index (χ4v) is 4.49. The highest BCUT2D eigenvalue weighted by molar-refractivity contribution is 6.10. The van der Waals surface area contributed by atoms with Crippen molar-refractivity contribution < 1.29 is 19.1 Å². The van der Waals surface area contributed by atoms with E-state index in [1.807, 2.05) is 12.1 Å². The summed E-state index contributed by atoms with van der Waals surface area (Å²) in [5.41, 5.74) is 2.44. The number of hydrogen-bond donors (Lipinski definition) is 1. The summed E-state index contributed by atoms with van der Waals surface area (Å²) in [6.07, 6.45) is 0. The molecule has 2 aromatic carbocycles. The summed E-state index contributed by atoms with van der Waals surface area (Å²) in [6.45, 7) is 3.93. The van der Waals surface area contributed by atoms with Crippen LogP contribution in [0.5, 0.6) is 0 Å². The highest BCUT2D eigenvalue weighted by atomic mass is 16.5. The lowest BCUT2D eigenvalue weighted by Crippen LogP contribution is -2.09. The maximum Gasteiger partial charge on any atom is 0.356 e. The average molecular weight is 492 g/mol. The Morgan fingerprint density at radius 1 is 0.703 bits per heavy atom. The quantitative estimate of drug-likeness (QED) is 0.214. The number of pyridine rings is 4. The van der Waals surface area contributed by atoms with Crippen LogP contribution in [0, 0.1) is 0 Å². The maximum atomic E-state index is 13.5. The van der Waals surface area contributed by atoms with E-state index in [0.29, 0.717) is 43.9 Å². The third-order valence-electron chi connectivity index (χ3n) is 6.21. The maximum absolute atomic E-state index is 13.5. The molecule has 0 unspecified atom stereocenters. The molecule has 0 aliphatic rings. The Bertz CT molecular complexity index is 1970. The van der Waals surface area contributed by atoms with Crippen LogP contribution in [0.2, 0.25) is 0 Å². The van der Waals surface area contributed by atoms with Gasteiger partial charge in [-0.1, -0.05) is 30.3 Å². The summed E-state index contributed by atoms with van der Waals surface area (Å²) in [7, 11) is 0. The number of carbonyl (C=O) groups excluding carboxylic acids is 2. The van der Waals surface area contributed by atoms with Crippen molar-refractivity contribution in [2.24, 2.45) is 0 Å². The molecular weight excluding hydrogens is 472 g/mol. The molecule has 0 saturated carbocycles. The molecule has 0 spiro atoms. The van der Waals surface area contributed by atoms with Crippen molar-refractivity contribution in [2.75, 3.05) is 13.2 Å². The standard InChI is InChI=1S/C28H20N4O5/c1-3-36-27(34)19-11-8-14-5-6-16-13-18-25(33)17-10-7-15-9-12-20(28(35)37-4-2)30-22(15)24(17)32-26(18)31-23(16)21(14)29-19/h5-13H,3-4H2,1-2H3,(H,31,32,33). The number of carbonyl (C=O) groups is 2. The van der Waals surface area contributed by atoms with Gasteiger partial charge in [0.15, 0.2) is 5.43 Å². The summed E-state index contributed by atoms with van der Waals surface area (Å²) in [4.78, 5) is 55.1. The number of ether oxygens (including phenoxy) is 2. The Balaban J connectivity index is 1.65. The van der Waals surface area contributed by atoms with Crippen molar-refractivity contribution in [3.05, 3.63) is 76.2 Å². The highest BCUT2D eigenvalue weighted by Crippen LogP contribution is 2.27. The van der Waals surface area contributed by atoms with E-state index < -0.39 is 11.9 Å². The molecule has 0 saturated heterocycles. The van der Waals surface area contributed by atoms with E-state index >= 15 is 0 Å². The second-order valence-corrected chi connectivity index (χ2v) is 8.44. The molecule has 4 aromatic heterocycles. The second kappa shape index (κ2) is 8.63. The number of esters is 2. The van der Waals surface area contributed by atoms with Gasteiger partial charge in [0.1, 0.15) is 17.0 Å². The number of fused-ring (bicyclic) bond motifs is 7. The number of hydrogen-bond acceptors (Lipinski definition) is 8. The van der Waals surface area contributed by atoms with Crippen molar-refractivity contribution in [3.63, 3.8) is 0 Å². The number of rotatable bonds is 4. The summed E-state index contributed by atoms with van der Waals surface area (Å²) < 4.78 is 10.2. The van der Waals surface area contributed by atoms with E-state index in [9.17, 15) is 14.4 Å². The van der Waals surface area contributed by atoms with E-state index in [1.54, 1.807) is 56.3 Å². The first-order valence-corrected chi connectivity index (χ1v) is 11.8. The molecule has 6 aromatic rings. The van der Waals surface area contributed by atoms with Gasteiger partial charge in [-0.25, -0.2) is 24.5 Å². The van der Waals surface area contributed by atoms with Crippen molar-refractivity contribution in [3.8, 4) is 0 Å². The number of aromatic nitrogens is 4. The number of nitrogens with one attached hydrogen (secondary N) is 1. The Labute approximate surface area is 209 Å². The summed E-state index contributed by atoms with van der Waals surface area (Å²) in [5.74, 6) is -1.06. The topological polar surface area (TPSA) is 124 Å². The highest BCUT2D eigenvalue weighted by Gasteiger charge is 2.16. The third kappa shape index (κ3) is 3.63. The number of aromatic amines is 1. The van der Waals surface area contributed by atoms with Crippen molar-refractivity contribution >= 4 is 66.6 Å². The molecule has 0 atom stereocenters. The van der Waals surface area contributed by atoms with E-state index in [4.69, 9.17) is 14.5 Å². The molecule has 4 heterocycles. The van der Waals surface area contributed by atoms with Gasteiger partial charge in [0, 0.05) is 21.5 Å². The lowest BCUT2D eigenvalue weighted by Gasteiger charge is -2.09. The number of benzene rings is 2. The smallest absolute Gasteiger partial charge is 0.356 e. The van der Waals surface area contributed by atoms with Crippen LogP contribution in [0.25, 0.3) is 54.6 Å². The average Bonchev–Trinajstić information content (AvgIpc) is 2.92. The van der Waals surface area contributed by atoms with Crippen LogP contribution in [-0.2, 0) is 9.47 Å². The molecule has 0 bridgehead atoms. The monoisotopic (exact) mass is 492 g/mol. The first kappa shape index (κ1) is 22.5. The third-order valence-corrected chi connectivity index (χ3v) is 6.21. The van der Waals surface area contributed by atoms with Crippen molar-refractivity contribution in [1.82, 2.24) is 19.9 Å². The van der Waals surface area contributed by atoms with Gasteiger partial charge in [0.05, 0.1) is 40.7 Å². The molecule has 0 aliphatic carbocycles. The van der Waals surface area contributed by atoms with Gasteiger partial charge in [-0.3, -0.25) is 4.79 Å². The zero-order valence-electron chi connectivity index (χ0n) is 20.0. The van der Waals surface area contributed by atoms with Gasteiger partial charge in [-0.15, -0.1) is 0 Å². The molecule has 0 fully saturated rings. The molecule has 0 aliphatic heterocycles.